The highest BCUT2D eigenvalue weighted by molar-refractivity contribution is 7.11. The maximum Gasteiger partial charge on any atom is 0.120 e. The lowest BCUT2D eigenvalue weighted by Crippen LogP contribution is -2.24. The minimum absolute atomic E-state index is 0.375. The molecular weight excluding hydrogens is 318 g/mol. The van der Waals surface area contributed by atoms with Gasteiger partial charge in [0.1, 0.15) is 5.75 Å². The average Bonchev–Trinajstić information content (AvgIpc) is 3.21. The molecule has 126 valence electrons. The predicted molar refractivity (Wildman–Crippen MR) is 98.1 cm³/mol. The Kier molecular flexibility index (Phi) is 5.67. The Hall–Kier alpha value is -2.11. The molecule has 24 heavy (non-hydrogen) atoms. The molecule has 2 heterocycles. The fourth-order valence-corrected chi connectivity index (χ4v) is 3.72. The summed E-state index contributed by atoms with van der Waals surface area (Å²) < 4.78 is 2.10. The van der Waals surface area contributed by atoms with Crippen LogP contribution in [0.25, 0.3) is 0 Å². The molecule has 3 rings (SSSR count). The predicted octanol–water partition coefficient (Wildman–Crippen LogP) is 4.05. The van der Waals surface area contributed by atoms with E-state index in [9.17, 15) is 5.11 Å². The fourth-order valence-electron chi connectivity index (χ4n) is 2.79. The number of rotatable bonds is 8. The highest BCUT2D eigenvalue weighted by atomic mass is 32.1. The number of aromatic nitrogens is 2. The van der Waals surface area contributed by atoms with Crippen molar-refractivity contribution < 1.29 is 5.11 Å². The molecule has 0 saturated heterocycles. The van der Waals surface area contributed by atoms with Crippen LogP contribution in [0.15, 0.2) is 55.1 Å². The minimum atomic E-state index is 0.375. The standard InChI is InChI=1S/C19H23N3OS/c1-16-7-8-18(24-16)14-22(11-4-10-21-12-9-20-15-21)13-17-5-2-3-6-19(17)23/h2-3,5-9,12,15,23H,4,10-11,13-14H2,1H3. The van der Waals surface area contributed by atoms with E-state index in [0.717, 1.165) is 38.2 Å². The normalized spacial score (nSPS) is 11.2. The van der Waals surface area contributed by atoms with Crippen LogP contribution in [0.2, 0.25) is 0 Å². The number of aromatic hydroxyl groups is 1. The summed E-state index contributed by atoms with van der Waals surface area (Å²) in [5, 5.41) is 10.1. The van der Waals surface area contributed by atoms with E-state index in [1.165, 1.54) is 9.75 Å². The number of aryl methyl sites for hydroxylation is 2. The summed E-state index contributed by atoms with van der Waals surface area (Å²) in [6.45, 7) is 5.75. The Balaban J connectivity index is 1.64. The van der Waals surface area contributed by atoms with Gasteiger partial charge in [-0.3, -0.25) is 4.90 Å². The molecule has 0 spiro atoms. The molecule has 0 bridgehead atoms. The molecule has 0 aliphatic carbocycles. The first-order valence-electron chi connectivity index (χ1n) is 8.21. The second-order valence-electron chi connectivity index (χ2n) is 6.01. The van der Waals surface area contributed by atoms with Gasteiger partial charge in [0.05, 0.1) is 6.33 Å². The largest absolute Gasteiger partial charge is 0.508 e. The SMILES string of the molecule is Cc1ccc(CN(CCCn2ccnc2)Cc2ccccc2O)s1. The van der Waals surface area contributed by atoms with Crippen LogP contribution in [-0.4, -0.2) is 26.1 Å². The van der Waals surface area contributed by atoms with E-state index in [0.29, 0.717) is 5.75 Å². The second kappa shape index (κ2) is 8.13. The number of para-hydroxylation sites is 1. The lowest BCUT2D eigenvalue weighted by Gasteiger charge is -2.22. The molecule has 3 aromatic rings. The zero-order valence-corrected chi connectivity index (χ0v) is 14.7. The van der Waals surface area contributed by atoms with E-state index in [-0.39, 0.29) is 0 Å². The Morgan fingerprint density at radius 1 is 1.17 bits per heavy atom. The summed E-state index contributed by atoms with van der Waals surface area (Å²) in [7, 11) is 0. The monoisotopic (exact) mass is 341 g/mol. The summed E-state index contributed by atoms with van der Waals surface area (Å²) in [5.74, 6) is 0.375. The van der Waals surface area contributed by atoms with Gasteiger partial charge in [0.25, 0.3) is 0 Å². The molecule has 0 unspecified atom stereocenters. The first kappa shape index (κ1) is 16.7. The van der Waals surface area contributed by atoms with E-state index >= 15 is 0 Å². The first-order valence-corrected chi connectivity index (χ1v) is 9.02. The van der Waals surface area contributed by atoms with Crippen molar-refractivity contribution >= 4 is 11.3 Å². The van der Waals surface area contributed by atoms with Crippen molar-refractivity contribution in [1.82, 2.24) is 14.5 Å². The smallest absolute Gasteiger partial charge is 0.120 e. The van der Waals surface area contributed by atoms with Crippen molar-refractivity contribution in [3.05, 3.63) is 70.4 Å². The summed E-state index contributed by atoms with van der Waals surface area (Å²) >= 11 is 1.84. The van der Waals surface area contributed by atoms with Crippen molar-refractivity contribution in [2.75, 3.05) is 6.54 Å². The van der Waals surface area contributed by atoms with Crippen molar-refractivity contribution in [3.8, 4) is 5.75 Å². The topological polar surface area (TPSA) is 41.3 Å². The van der Waals surface area contributed by atoms with E-state index in [1.807, 2.05) is 48.3 Å². The zero-order valence-electron chi connectivity index (χ0n) is 13.9. The second-order valence-corrected chi connectivity index (χ2v) is 7.38. The van der Waals surface area contributed by atoms with Gasteiger partial charge in [0.2, 0.25) is 0 Å². The average molecular weight is 341 g/mol. The minimum Gasteiger partial charge on any atom is -0.508 e. The molecular formula is C19H23N3OS. The molecule has 0 aliphatic rings. The van der Waals surface area contributed by atoms with E-state index in [1.54, 1.807) is 6.07 Å². The Bertz CT molecular complexity index is 752. The maximum atomic E-state index is 10.1. The van der Waals surface area contributed by atoms with Gasteiger partial charge >= 0.3 is 0 Å². The maximum absolute atomic E-state index is 10.1. The van der Waals surface area contributed by atoms with Gasteiger partial charge in [0, 0.05) is 53.9 Å². The first-order chi connectivity index (χ1) is 11.7. The van der Waals surface area contributed by atoms with Gasteiger partial charge in [-0.15, -0.1) is 11.3 Å². The molecule has 1 aromatic carbocycles. The number of phenols is 1. The molecule has 0 amide bonds. The zero-order chi connectivity index (χ0) is 16.8. The summed E-state index contributed by atoms with van der Waals surface area (Å²) in [6, 6.07) is 12.0. The van der Waals surface area contributed by atoms with Crippen LogP contribution in [0, 0.1) is 6.92 Å². The van der Waals surface area contributed by atoms with Gasteiger partial charge in [-0.05, 0) is 31.5 Å². The summed E-state index contributed by atoms with van der Waals surface area (Å²) in [4.78, 5) is 9.19. The van der Waals surface area contributed by atoms with Gasteiger partial charge in [-0.2, -0.15) is 0 Å². The molecule has 2 aromatic heterocycles. The molecule has 0 atom stereocenters. The third-order valence-electron chi connectivity index (χ3n) is 4.01. The van der Waals surface area contributed by atoms with Crippen molar-refractivity contribution in [1.29, 1.82) is 0 Å². The van der Waals surface area contributed by atoms with Gasteiger partial charge < -0.3 is 9.67 Å². The molecule has 0 radical (unpaired) electrons. The summed E-state index contributed by atoms with van der Waals surface area (Å²) in [5.41, 5.74) is 0.980. The molecule has 4 nitrogen and oxygen atoms in total. The Labute approximate surface area is 147 Å². The van der Waals surface area contributed by atoms with Gasteiger partial charge in [-0.1, -0.05) is 18.2 Å². The van der Waals surface area contributed by atoms with Crippen LogP contribution in [-0.2, 0) is 19.6 Å². The van der Waals surface area contributed by atoms with E-state index in [4.69, 9.17) is 0 Å². The Morgan fingerprint density at radius 3 is 2.75 bits per heavy atom. The van der Waals surface area contributed by atoms with Crippen LogP contribution in [0.1, 0.15) is 21.7 Å². The Morgan fingerprint density at radius 2 is 2.04 bits per heavy atom. The number of thiophene rings is 1. The van der Waals surface area contributed by atoms with Crippen LogP contribution in [0.4, 0.5) is 0 Å². The number of benzene rings is 1. The van der Waals surface area contributed by atoms with Gasteiger partial charge in [-0.25, -0.2) is 4.98 Å². The van der Waals surface area contributed by atoms with E-state index in [2.05, 4.69) is 33.5 Å². The molecule has 0 fully saturated rings. The molecule has 1 N–H and O–H groups in total. The fraction of sp³-hybridized carbons (Fsp3) is 0.316. The number of imidazole rings is 1. The number of hydrogen-bond acceptors (Lipinski definition) is 4. The van der Waals surface area contributed by atoms with Crippen LogP contribution >= 0.6 is 11.3 Å². The number of phenolic OH excluding ortho intramolecular Hbond substituents is 1. The lowest BCUT2D eigenvalue weighted by molar-refractivity contribution is 0.247. The third kappa shape index (κ3) is 4.69. The lowest BCUT2D eigenvalue weighted by atomic mass is 10.2. The number of hydrogen-bond donors (Lipinski definition) is 1. The van der Waals surface area contributed by atoms with Gasteiger partial charge in [0.15, 0.2) is 0 Å². The van der Waals surface area contributed by atoms with Crippen LogP contribution in [0.5, 0.6) is 5.75 Å². The summed E-state index contributed by atoms with van der Waals surface area (Å²) in [6.07, 6.45) is 6.72. The van der Waals surface area contributed by atoms with Crippen molar-refractivity contribution in [3.63, 3.8) is 0 Å². The molecule has 0 aliphatic heterocycles. The third-order valence-corrected chi connectivity index (χ3v) is 5.00. The molecule has 0 saturated carbocycles. The highest BCUT2D eigenvalue weighted by Gasteiger charge is 2.11. The van der Waals surface area contributed by atoms with Crippen molar-refractivity contribution in [2.45, 2.75) is 33.0 Å². The van der Waals surface area contributed by atoms with E-state index < -0.39 is 0 Å². The van der Waals surface area contributed by atoms with Crippen LogP contribution < -0.4 is 0 Å². The van der Waals surface area contributed by atoms with Crippen LogP contribution in [0.3, 0.4) is 0 Å². The quantitative estimate of drug-likeness (QED) is 0.672. The highest BCUT2D eigenvalue weighted by Crippen LogP contribution is 2.22. The number of nitrogens with zero attached hydrogens (tertiary/aromatic N) is 3. The molecule has 5 heteroatoms. The van der Waals surface area contributed by atoms with Crippen molar-refractivity contribution in [2.24, 2.45) is 0 Å².